The maximum Gasteiger partial charge on any atom is 0.165 e. The molecule has 0 saturated carbocycles. The van der Waals surface area contributed by atoms with Gasteiger partial charge >= 0.3 is 0 Å². The molecule has 0 atom stereocenters. The van der Waals surface area contributed by atoms with E-state index in [1.807, 2.05) is 22.7 Å². The molecule has 0 aliphatic carbocycles. The number of alkyl halides is 1. The minimum atomic E-state index is 0.371. The molecule has 0 fully saturated rings. The van der Waals surface area contributed by atoms with Crippen molar-refractivity contribution < 1.29 is 0 Å². The molecule has 0 aliphatic rings. The smallest absolute Gasteiger partial charge is 0.165 e. The lowest BCUT2D eigenvalue weighted by Crippen LogP contribution is -1.97. The lowest BCUT2D eigenvalue weighted by Gasteiger charge is -2.03. The lowest BCUT2D eigenvalue weighted by molar-refractivity contribution is 0.759. The second-order valence-corrected chi connectivity index (χ2v) is 3.84. The van der Waals surface area contributed by atoms with Crippen LogP contribution in [-0.4, -0.2) is 14.6 Å². The molecule has 0 unspecified atom stereocenters. The fourth-order valence-corrected chi connectivity index (χ4v) is 1.70. The number of aromatic nitrogens is 3. The molecule has 0 aromatic carbocycles. The van der Waals surface area contributed by atoms with Crippen LogP contribution in [0.4, 0.5) is 0 Å². The van der Waals surface area contributed by atoms with Crippen molar-refractivity contribution in [3.05, 3.63) is 29.7 Å². The second kappa shape index (κ2) is 3.58. The Morgan fingerprint density at radius 1 is 1.43 bits per heavy atom. The van der Waals surface area contributed by atoms with Gasteiger partial charge in [-0.25, -0.2) is 0 Å². The van der Waals surface area contributed by atoms with Crippen molar-refractivity contribution in [2.75, 3.05) is 0 Å². The Morgan fingerprint density at radius 2 is 2.21 bits per heavy atom. The van der Waals surface area contributed by atoms with E-state index in [0.29, 0.717) is 11.8 Å². The standard InChI is InChI=1S/C10H12ClN3/c1-7(2)9-12-13-10-8(6-11)4-3-5-14(9)10/h3-5,7H,6H2,1-2H3. The van der Waals surface area contributed by atoms with Gasteiger partial charge in [0.25, 0.3) is 0 Å². The quantitative estimate of drug-likeness (QED) is 0.712. The highest BCUT2D eigenvalue weighted by molar-refractivity contribution is 6.17. The maximum atomic E-state index is 5.81. The van der Waals surface area contributed by atoms with Crippen molar-refractivity contribution in [3.63, 3.8) is 0 Å². The fraction of sp³-hybridized carbons (Fsp3) is 0.400. The van der Waals surface area contributed by atoms with E-state index in [1.54, 1.807) is 0 Å². The zero-order valence-corrected chi connectivity index (χ0v) is 8.99. The minimum Gasteiger partial charge on any atom is -0.286 e. The van der Waals surface area contributed by atoms with Crippen LogP contribution < -0.4 is 0 Å². The van der Waals surface area contributed by atoms with Gasteiger partial charge in [0.05, 0.1) is 5.88 Å². The summed E-state index contributed by atoms with van der Waals surface area (Å²) in [5, 5.41) is 8.30. The molecule has 4 heteroatoms. The highest BCUT2D eigenvalue weighted by Gasteiger charge is 2.10. The second-order valence-electron chi connectivity index (χ2n) is 3.57. The first-order valence-corrected chi connectivity index (χ1v) is 5.16. The van der Waals surface area contributed by atoms with E-state index in [1.165, 1.54) is 0 Å². The number of rotatable bonds is 2. The Balaban J connectivity index is 2.69. The van der Waals surface area contributed by atoms with E-state index < -0.39 is 0 Å². The Labute approximate surface area is 87.7 Å². The van der Waals surface area contributed by atoms with Crippen LogP contribution in [0.15, 0.2) is 18.3 Å². The topological polar surface area (TPSA) is 30.2 Å². The zero-order valence-electron chi connectivity index (χ0n) is 8.24. The summed E-state index contributed by atoms with van der Waals surface area (Å²) < 4.78 is 2.00. The summed E-state index contributed by atoms with van der Waals surface area (Å²) in [5.74, 6) is 1.82. The molecule has 2 aromatic heterocycles. The molecule has 2 aromatic rings. The van der Waals surface area contributed by atoms with Crippen LogP contribution in [0.5, 0.6) is 0 Å². The van der Waals surface area contributed by atoms with E-state index in [-0.39, 0.29) is 0 Å². The summed E-state index contributed by atoms with van der Waals surface area (Å²) in [6, 6.07) is 3.95. The fourth-order valence-electron chi connectivity index (χ4n) is 1.49. The summed E-state index contributed by atoms with van der Waals surface area (Å²) in [6.07, 6.45) is 1.97. The van der Waals surface area contributed by atoms with Gasteiger partial charge in [0.2, 0.25) is 0 Å². The van der Waals surface area contributed by atoms with E-state index in [9.17, 15) is 0 Å². The average molecular weight is 210 g/mol. The van der Waals surface area contributed by atoms with Crippen LogP contribution in [0.1, 0.15) is 31.2 Å². The van der Waals surface area contributed by atoms with Crippen LogP contribution in [0, 0.1) is 0 Å². The van der Waals surface area contributed by atoms with E-state index in [2.05, 4.69) is 24.0 Å². The third kappa shape index (κ3) is 1.38. The Hall–Kier alpha value is -1.09. The SMILES string of the molecule is CC(C)c1nnc2c(CCl)cccn12. The first-order valence-electron chi connectivity index (χ1n) is 4.62. The third-order valence-corrected chi connectivity index (χ3v) is 2.49. The molecular formula is C10H12ClN3. The largest absolute Gasteiger partial charge is 0.286 e. The van der Waals surface area contributed by atoms with Gasteiger partial charge in [-0.15, -0.1) is 21.8 Å². The van der Waals surface area contributed by atoms with Crippen molar-refractivity contribution in [1.29, 1.82) is 0 Å². The highest BCUT2D eigenvalue weighted by atomic mass is 35.5. The first kappa shape index (κ1) is 9.46. The molecule has 0 amide bonds. The molecular weight excluding hydrogens is 198 g/mol. The van der Waals surface area contributed by atoms with Crippen molar-refractivity contribution in [1.82, 2.24) is 14.6 Å². The number of pyridine rings is 1. The maximum absolute atomic E-state index is 5.81. The van der Waals surface area contributed by atoms with Crippen molar-refractivity contribution in [2.45, 2.75) is 25.6 Å². The Morgan fingerprint density at radius 3 is 2.86 bits per heavy atom. The number of fused-ring (bicyclic) bond motifs is 1. The van der Waals surface area contributed by atoms with Gasteiger partial charge in [0.15, 0.2) is 5.65 Å². The molecule has 2 rings (SSSR count). The van der Waals surface area contributed by atoms with E-state index in [4.69, 9.17) is 11.6 Å². The van der Waals surface area contributed by atoms with Crippen LogP contribution in [0.25, 0.3) is 5.65 Å². The third-order valence-electron chi connectivity index (χ3n) is 2.20. The van der Waals surface area contributed by atoms with Gasteiger partial charge in [-0.3, -0.25) is 4.40 Å². The molecule has 0 radical (unpaired) electrons. The molecule has 0 N–H and O–H groups in total. The van der Waals surface area contributed by atoms with Gasteiger partial charge in [0, 0.05) is 17.7 Å². The van der Waals surface area contributed by atoms with Gasteiger partial charge < -0.3 is 0 Å². The summed E-state index contributed by atoms with van der Waals surface area (Å²) in [7, 11) is 0. The number of hydrogen-bond acceptors (Lipinski definition) is 2. The molecule has 14 heavy (non-hydrogen) atoms. The average Bonchev–Trinajstić information content (AvgIpc) is 2.60. The van der Waals surface area contributed by atoms with E-state index in [0.717, 1.165) is 17.0 Å². The monoisotopic (exact) mass is 209 g/mol. The number of nitrogens with zero attached hydrogens (tertiary/aromatic N) is 3. The molecule has 0 saturated heterocycles. The van der Waals surface area contributed by atoms with Crippen LogP contribution >= 0.6 is 11.6 Å². The highest BCUT2D eigenvalue weighted by Crippen LogP contribution is 2.17. The van der Waals surface area contributed by atoms with Crippen molar-refractivity contribution in [3.8, 4) is 0 Å². The number of halogens is 1. The molecule has 0 aliphatic heterocycles. The molecule has 0 bridgehead atoms. The zero-order chi connectivity index (χ0) is 10.1. The van der Waals surface area contributed by atoms with Crippen molar-refractivity contribution in [2.24, 2.45) is 0 Å². The molecule has 2 heterocycles. The normalized spacial score (nSPS) is 11.4. The summed E-state index contributed by atoms with van der Waals surface area (Å²) in [5.41, 5.74) is 1.89. The molecule has 3 nitrogen and oxygen atoms in total. The first-order chi connectivity index (χ1) is 6.74. The van der Waals surface area contributed by atoms with Crippen LogP contribution in [0.3, 0.4) is 0 Å². The summed E-state index contributed by atoms with van der Waals surface area (Å²) >= 11 is 5.81. The van der Waals surface area contributed by atoms with Crippen LogP contribution in [0.2, 0.25) is 0 Å². The Bertz CT molecular complexity index is 448. The predicted molar refractivity (Wildman–Crippen MR) is 56.6 cm³/mol. The summed E-state index contributed by atoms with van der Waals surface area (Å²) in [6.45, 7) is 4.20. The molecule has 0 spiro atoms. The molecule has 74 valence electrons. The van der Waals surface area contributed by atoms with Gasteiger partial charge in [-0.05, 0) is 6.07 Å². The Kier molecular flexibility index (Phi) is 2.42. The minimum absolute atomic E-state index is 0.371. The number of hydrogen-bond donors (Lipinski definition) is 0. The summed E-state index contributed by atoms with van der Waals surface area (Å²) in [4.78, 5) is 0. The predicted octanol–water partition coefficient (Wildman–Crippen LogP) is 2.59. The van der Waals surface area contributed by atoms with E-state index >= 15 is 0 Å². The van der Waals surface area contributed by atoms with Gasteiger partial charge in [-0.1, -0.05) is 19.9 Å². The van der Waals surface area contributed by atoms with Crippen LogP contribution in [-0.2, 0) is 5.88 Å². The lowest BCUT2D eigenvalue weighted by atomic mass is 10.2. The van der Waals surface area contributed by atoms with Gasteiger partial charge in [0.1, 0.15) is 5.82 Å². The van der Waals surface area contributed by atoms with Gasteiger partial charge in [-0.2, -0.15) is 0 Å². The van der Waals surface area contributed by atoms with Crippen molar-refractivity contribution >= 4 is 17.2 Å².